The molecule has 0 aliphatic carbocycles. The Labute approximate surface area is 80.0 Å². The van der Waals surface area contributed by atoms with Crippen LogP contribution in [0.15, 0.2) is 0 Å². The monoisotopic (exact) mass is 186 g/mol. The topological polar surface area (TPSA) is 38.7 Å². The van der Waals surface area contributed by atoms with E-state index in [1.807, 2.05) is 6.92 Å². The van der Waals surface area contributed by atoms with Crippen LogP contribution < -0.4 is 0 Å². The third kappa shape index (κ3) is 4.28. The average molecular weight is 186 g/mol. The number of ether oxygens (including phenoxy) is 2. The fourth-order valence-electron chi connectivity index (χ4n) is 1.10. The first kappa shape index (κ1) is 12.4. The summed E-state index contributed by atoms with van der Waals surface area (Å²) in [7, 11) is 3.08. The molecule has 0 saturated carbocycles. The zero-order valence-electron chi connectivity index (χ0n) is 8.54. The van der Waals surface area contributed by atoms with E-state index in [-0.39, 0.29) is 0 Å². The fraction of sp³-hybridized carbons (Fsp3) is 0.800. The van der Waals surface area contributed by atoms with Crippen molar-refractivity contribution in [2.75, 3.05) is 14.2 Å². The lowest BCUT2D eigenvalue weighted by Crippen LogP contribution is -2.33. The maximum atomic E-state index is 9.95. The van der Waals surface area contributed by atoms with Crippen molar-refractivity contribution in [2.24, 2.45) is 0 Å². The van der Waals surface area contributed by atoms with E-state index in [0.29, 0.717) is 19.3 Å². The summed E-state index contributed by atoms with van der Waals surface area (Å²) in [5.74, 6) is 2.45. The van der Waals surface area contributed by atoms with Gasteiger partial charge in [0.1, 0.15) is 0 Å². The van der Waals surface area contributed by atoms with Gasteiger partial charge in [0.2, 0.25) is 0 Å². The quantitative estimate of drug-likeness (QED) is 0.499. The van der Waals surface area contributed by atoms with Gasteiger partial charge in [-0.1, -0.05) is 6.92 Å². The molecule has 0 amide bonds. The Morgan fingerprint density at radius 2 is 2.00 bits per heavy atom. The molecule has 0 bridgehead atoms. The lowest BCUT2D eigenvalue weighted by Gasteiger charge is -2.27. The Kier molecular flexibility index (Phi) is 5.72. The molecule has 0 aliphatic rings. The molecular formula is C10H18O3. The van der Waals surface area contributed by atoms with Crippen molar-refractivity contribution in [3.05, 3.63) is 0 Å². The fourth-order valence-corrected chi connectivity index (χ4v) is 1.10. The first-order valence-electron chi connectivity index (χ1n) is 4.33. The third-order valence-corrected chi connectivity index (χ3v) is 2.16. The largest absolute Gasteiger partial charge is 0.389 e. The molecule has 0 aromatic rings. The molecule has 3 heteroatoms. The molecule has 0 heterocycles. The van der Waals surface area contributed by atoms with Gasteiger partial charge in [-0.25, -0.2) is 0 Å². The third-order valence-electron chi connectivity index (χ3n) is 2.16. The first-order valence-corrected chi connectivity index (χ1v) is 4.33. The van der Waals surface area contributed by atoms with Crippen LogP contribution in [0.1, 0.15) is 26.2 Å². The van der Waals surface area contributed by atoms with Crippen molar-refractivity contribution in [1.29, 1.82) is 0 Å². The Morgan fingerprint density at radius 1 is 1.46 bits per heavy atom. The molecule has 13 heavy (non-hydrogen) atoms. The first-order chi connectivity index (χ1) is 6.11. The number of methoxy groups -OCH3 is 2. The van der Waals surface area contributed by atoms with Crippen LogP contribution in [0.3, 0.4) is 0 Å². The Bertz CT molecular complexity index is 169. The summed E-state index contributed by atoms with van der Waals surface area (Å²) < 4.78 is 9.99. The van der Waals surface area contributed by atoms with E-state index in [1.165, 1.54) is 0 Å². The van der Waals surface area contributed by atoms with E-state index in [1.54, 1.807) is 14.2 Å². The second-order valence-electron chi connectivity index (χ2n) is 3.06. The van der Waals surface area contributed by atoms with Crippen molar-refractivity contribution < 1.29 is 14.6 Å². The molecular weight excluding hydrogens is 168 g/mol. The van der Waals surface area contributed by atoms with Gasteiger partial charge in [0, 0.05) is 27.1 Å². The van der Waals surface area contributed by atoms with E-state index in [4.69, 9.17) is 15.9 Å². The second-order valence-corrected chi connectivity index (χ2v) is 3.06. The molecule has 0 spiro atoms. The predicted molar refractivity (Wildman–Crippen MR) is 51.1 cm³/mol. The molecule has 0 aromatic heterocycles. The van der Waals surface area contributed by atoms with Crippen molar-refractivity contribution in [3.63, 3.8) is 0 Å². The van der Waals surface area contributed by atoms with E-state index in [2.05, 4.69) is 5.92 Å². The smallest absolute Gasteiger partial charge is 0.159 e. The minimum atomic E-state index is -0.870. The van der Waals surface area contributed by atoms with Crippen LogP contribution in [0.25, 0.3) is 0 Å². The van der Waals surface area contributed by atoms with E-state index < -0.39 is 11.9 Å². The van der Waals surface area contributed by atoms with Gasteiger partial charge in [-0.15, -0.1) is 12.3 Å². The van der Waals surface area contributed by atoms with Gasteiger partial charge in [0.15, 0.2) is 6.29 Å². The average Bonchev–Trinajstić information content (AvgIpc) is 2.15. The highest BCUT2D eigenvalue weighted by atomic mass is 16.7. The highest BCUT2D eigenvalue weighted by molar-refractivity contribution is 4.95. The van der Waals surface area contributed by atoms with Crippen molar-refractivity contribution in [2.45, 2.75) is 38.1 Å². The van der Waals surface area contributed by atoms with E-state index in [0.717, 1.165) is 0 Å². The maximum Gasteiger partial charge on any atom is 0.159 e. The lowest BCUT2D eigenvalue weighted by molar-refractivity contribution is -0.143. The number of aliphatic hydroxyl groups is 1. The molecule has 1 atom stereocenters. The van der Waals surface area contributed by atoms with Gasteiger partial charge in [-0.2, -0.15) is 0 Å². The maximum absolute atomic E-state index is 9.95. The Hall–Kier alpha value is -0.560. The van der Waals surface area contributed by atoms with Crippen LogP contribution in [-0.4, -0.2) is 31.2 Å². The summed E-state index contributed by atoms with van der Waals surface area (Å²) in [4.78, 5) is 0. The van der Waals surface area contributed by atoms with Crippen LogP contribution in [0.2, 0.25) is 0 Å². The minimum absolute atomic E-state index is 0.326. The number of hydrogen-bond donors (Lipinski definition) is 1. The molecule has 3 nitrogen and oxygen atoms in total. The highest BCUT2D eigenvalue weighted by Crippen LogP contribution is 2.22. The van der Waals surface area contributed by atoms with Gasteiger partial charge in [0.25, 0.3) is 0 Å². The van der Waals surface area contributed by atoms with Gasteiger partial charge in [-0.3, -0.25) is 0 Å². The second kappa shape index (κ2) is 5.98. The standard InChI is InChI=1S/C10H18O3/c1-5-7-10(11,6-2)8-9(12-3)13-4/h1,9,11H,6-8H2,2-4H3/t10-/m0/s1. The molecule has 0 unspecified atom stereocenters. The van der Waals surface area contributed by atoms with Crippen LogP contribution in [-0.2, 0) is 9.47 Å². The molecule has 0 aliphatic heterocycles. The SMILES string of the molecule is C#CC[C@@](O)(CC)CC(OC)OC. The number of hydrogen-bond acceptors (Lipinski definition) is 3. The molecule has 1 N–H and O–H groups in total. The molecule has 0 rings (SSSR count). The van der Waals surface area contributed by atoms with Crippen LogP contribution in [0, 0.1) is 12.3 Å². The molecule has 0 saturated heterocycles. The van der Waals surface area contributed by atoms with Gasteiger partial charge < -0.3 is 14.6 Å². The van der Waals surface area contributed by atoms with Crippen LogP contribution >= 0.6 is 0 Å². The van der Waals surface area contributed by atoms with Gasteiger partial charge in [-0.05, 0) is 6.42 Å². The lowest BCUT2D eigenvalue weighted by atomic mass is 9.93. The molecule has 0 fully saturated rings. The summed E-state index contributed by atoms with van der Waals surface area (Å²) in [6, 6.07) is 0. The predicted octanol–water partition coefficient (Wildman–Crippen LogP) is 1.16. The van der Waals surface area contributed by atoms with Crippen molar-refractivity contribution in [1.82, 2.24) is 0 Å². The van der Waals surface area contributed by atoms with Gasteiger partial charge in [0.05, 0.1) is 5.60 Å². The number of terminal acetylenes is 1. The highest BCUT2D eigenvalue weighted by Gasteiger charge is 2.27. The van der Waals surface area contributed by atoms with Crippen LogP contribution in [0.5, 0.6) is 0 Å². The summed E-state index contributed by atoms with van der Waals surface area (Å²) >= 11 is 0. The Morgan fingerprint density at radius 3 is 2.31 bits per heavy atom. The summed E-state index contributed by atoms with van der Waals surface area (Å²) in [5, 5.41) is 9.95. The Balaban J connectivity index is 4.17. The van der Waals surface area contributed by atoms with E-state index >= 15 is 0 Å². The van der Waals surface area contributed by atoms with E-state index in [9.17, 15) is 5.11 Å². The molecule has 0 radical (unpaired) electrons. The summed E-state index contributed by atoms with van der Waals surface area (Å²) in [6.45, 7) is 1.89. The number of rotatable bonds is 6. The zero-order chi connectivity index (χ0) is 10.3. The molecule has 76 valence electrons. The molecule has 0 aromatic carbocycles. The minimum Gasteiger partial charge on any atom is -0.389 e. The normalized spacial score (nSPS) is 15.4. The van der Waals surface area contributed by atoms with Crippen LogP contribution in [0.4, 0.5) is 0 Å². The van der Waals surface area contributed by atoms with Gasteiger partial charge >= 0.3 is 0 Å². The summed E-state index contributed by atoms with van der Waals surface area (Å²) in [5.41, 5.74) is -0.870. The summed E-state index contributed by atoms with van der Waals surface area (Å²) in [6.07, 6.45) is 6.09. The zero-order valence-corrected chi connectivity index (χ0v) is 8.54. The van der Waals surface area contributed by atoms with Crippen molar-refractivity contribution >= 4 is 0 Å². The van der Waals surface area contributed by atoms with Crippen molar-refractivity contribution in [3.8, 4) is 12.3 Å².